The SMILES string of the molecule is CCCCN(CC)CCOc1ccc(CC(N)=S)cc1. The number of nitrogens with zero attached hydrogens (tertiary/aromatic N) is 1. The number of hydrogen-bond acceptors (Lipinski definition) is 3. The van der Waals surface area contributed by atoms with Gasteiger partial charge in [-0.25, -0.2) is 0 Å². The Labute approximate surface area is 128 Å². The van der Waals surface area contributed by atoms with Crippen molar-refractivity contribution in [2.75, 3.05) is 26.2 Å². The predicted molar refractivity (Wildman–Crippen MR) is 89.4 cm³/mol. The molecule has 0 bridgehead atoms. The van der Waals surface area contributed by atoms with Gasteiger partial charge in [0.2, 0.25) is 0 Å². The van der Waals surface area contributed by atoms with Crippen LogP contribution in [-0.2, 0) is 6.42 Å². The summed E-state index contributed by atoms with van der Waals surface area (Å²) in [5.74, 6) is 0.906. The molecule has 0 aromatic heterocycles. The van der Waals surface area contributed by atoms with Crippen molar-refractivity contribution in [2.45, 2.75) is 33.1 Å². The van der Waals surface area contributed by atoms with E-state index in [1.165, 1.54) is 12.8 Å². The van der Waals surface area contributed by atoms with Gasteiger partial charge in [-0.1, -0.05) is 44.6 Å². The highest BCUT2D eigenvalue weighted by Gasteiger charge is 2.02. The fourth-order valence-electron chi connectivity index (χ4n) is 2.01. The first-order valence-corrected chi connectivity index (χ1v) is 7.79. The molecule has 0 fully saturated rings. The zero-order valence-corrected chi connectivity index (χ0v) is 13.4. The summed E-state index contributed by atoms with van der Waals surface area (Å²) in [6.45, 7) is 8.36. The van der Waals surface area contributed by atoms with Crippen molar-refractivity contribution < 1.29 is 4.74 Å². The third-order valence-corrected chi connectivity index (χ3v) is 3.40. The Morgan fingerprint density at radius 3 is 2.45 bits per heavy atom. The molecule has 0 saturated carbocycles. The second kappa shape index (κ2) is 9.72. The third kappa shape index (κ3) is 6.87. The first-order chi connectivity index (χ1) is 9.65. The molecule has 0 aliphatic rings. The highest BCUT2D eigenvalue weighted by atomic mass is 32.1. The first-order valence-electron chi connectivity index (χ1n) is 7.38. The highest BCUT2D eigenvalue weighted by Crippen LogP contribution is 2.12. The molecule has 3 nitrogen and oxygen atoms in total. The summed E-state index contributed by atoms with van der Waals surface area (Å²) in [4.78, 5) is 2.94. The lowest BCUT2D eigenvalue weighted by atomic mass is 10.1. The van der Waals surface area contributed by atoms with E-state index in [0.717, 1.165) is 37.6 Å². The lowest BCUT2D eigenvalue weighted by Gasteiger charge is -2.20. The average Bonchev–Trinajstić information content (AvgIpc) is 2.44. The van der Waals surface area contributed by atoms with Crippen LogP contribution in [0.5, 0.6) is 5.75 Å². The highest BCUT2D eigenvalue weighted by molar-refractivity contribution is 7.80. The summed E-state index contributed by atoms with van der Waals surface area (Å²) >= 11 is 4.90. The summed E-state index contributed by atoms with van der Waals surface area (Å²) in [5.41, 5.74) is 6.65. The zero-order chi connectivity index (χ0) is 14.8. The van der Waals surface area contributed by atoms with Crippen molar-refractivity contribution in [3.63, 3.8) is 0 Å². The van der Waals surface area contributed by atoms with Crippen LogP contribution in [0.3, 0.4) is 0 Å². The van der Waals surface area contributed by atoms with E-state index in [1.807, 2.05) is 24.3 Å². The monoisotopic (exact) mass is 294 g/mol. The van der Waals surface area contributed by atoms with E-state index in [9.17, 15) is 0 Å². The number of ether oxygens (including phenoxy) is 1. The number of hydrogen-bond donors (Lipinski definition) is 1. The van der Waals surface area contributed by atoms with Gasteiger partial charge in [0.05, 0.1) is 4.99 Å². The molecule has 0 aliphatic heterocycles. The molecule has 2 N–H and O–H groups in total. The van der Waals surface area contributed by atoms with Crippen LogP contribution in [0.2, 0.25) is 0 Å². The van der Waals surface area contributed by atoms with Gasteiger partial charge in [-0.05, 0) is 37.2 Å². The lowest BCUT2D eigenvalue weighted by Crippen LogP contribution is -2.29. The normalized spacial score (nSPS) is 10.8. The molecule has 0 unspecified atom stereocenters. The molecule has 0 atom stereocenters. The predicted octanol–water partition coefficient (Wildman–Crippen LogP) is 3.02. The fraction of sp³-hybridized carbons (Fsp3) is 0.562. The molecule has 0 spiro atoms. The van der Waals surface area contributed by atoms with Crippen LogP contribution >= 0.6 is 12.2 Å². The van der Waals surface area contributed by atoms with Gasteiger partial charge in [-0.15, -0.1) is 0 Å². The molecule has 0 radical (unpaired) electrons. The van der Waals surface area contributed by atoms with Crippen LogP contribution in [0.25, 0.3) is 0 Å². The van der Waals surface area contributed by atoms with Gasteiger partial charge in [0.25, 0.3) is 0 Å². The number of unbranched alkanes of at least 4 members (excludes halogenated alkanes) is 1. The lowest BCUT2D eigenvalue weighted by molar-refractivity contribution is 0.213. The molecule has 1 rings (SSSR count). The Morgan fingerprint density at radius 1 is 1.20 bits per heavy atom. The van der Waals surface area contributed by atoms with Gasteiger partial charge in [0.1, 0.15) is 12.4 Å². The van der Waals surface area contributed by atoms with Crippen LogP contribution in [-0.4, -0.2) is 36.1 Å². The standard InChI is InChI=1S/C16H26N2OS/c1-3-5-10-18(4-2)11-12-19-15-8-6-14(7-9-15)13-16(17)20/h6-9H,3-5,10-13H2,1-2H3,(H2,17,20). The number of rotatable bonds is 10. The summed E-state index contributed by atoms with van der Waals surface area (Å²) in [6, 6.07) is 8.00. The van der Waals surface area contributed by atoms with Crippen molar-refractivity contribution in [2.24, 2.45) is 5.73 Å². The van der Waals surface area contributed by atoms with Crippen molar-refractivity contribution in [1.29, 1.82) is 0 Å². The molecule has 1 aromatic carbocycles. The second-order valence-electron chi connectivity index (χ2n) is 4.92. The smallest absolute Gasteiger partial charge is 0.119 e. The van der Waals surface area contributed by atoms with Gasteiger partial charge in [-0.2, -0.15) is 0 Å². The number of nitrogens with two attached hydrogens (primary N) is 1. The molecule has 4 heteroatoms. The molecule has 1 aromatic rings. The summed E-state index contributed by atoms with van der Waals surface area (Å²) in [6.07, 6.45) is 3.14. The Hall–Kier alpha value is -1.13. The molecule has 0 saturated heterocycles. The molecule has 112 valence electrons. The van der Waals surface area contributed by atoms with E-state index in [0.29, 0.717) is 11.4 Å². The minimum Gasteiger partial charge on any atom is -0.492 e. The van der Waals surface area contributed by atoms with Crippen molar-refractivity contribution in [1.82, 2.24) is 4.90 Å². The van der Waals surface area contributed by atoms with Crippen molar-refractivity contribution in [3.05, 3.63) is 29.8 Å². The molecule has 20 heavy (non-hydrogen) atoms. The van der Waals surface area contributed by atoms with E-state index in [2.05, 4.69) is 18.7 Å². The number of benzene rings is 1. The minimum absolute atomic E-state index is 0.521. The van der Waals surface area contributed by atoms with Crippen molar-refractivity contribution in [3.8, 4) is 5.75 Å². The maximum absolute atomic E-state index is 5.77. The molecule has 0 aliphatic carbocycles. The number of likely N-dealkylation sites (N-methyl/N-ethyl adjacent to an activating group) is 1. The molecule has 0 amide bonds. The Bertz CT molecular complexity index is 392. The van der Waals surface area contributed by atoms with Gasteiger partial charge in [0, 0.05) is 13.0 Å². The molecular weight excluding hydrogens is 268 g/mol. The quantitative estimate of drug-likeness (QED) is 0.673. The fourth-order valence-corrected chi connectivity index (χ4v) is 2.17. The largest absolute Gasteiger partial charge is 0.492 e. The average molecular weight is 294 g/mol. The van der Waals surface area contributed by atoms with Gasteiger partial charge < -0.3 is 15.4 Å². The minimum atomic E-state index is 0.521. The Morgan fingerprint density at radius 2 is 1.90 bits per heavy atom. The van der Waals surface area contributed by atoms with Crippen LogP contribution in [0, 0.1) is 0 Å². The van der Waals surface area contributed by atoms with Gasteiger partial charge >= 0.3 is 0 Å². The molecular formula is C16H26N2OS. The molecule has 0 heterocycles. The topological polar surface area (TPSA) is 38.5 Å². The van der Waals surface area contributed by atoms with Crippen molar-refractivity contribution >= 4 is 17.2 Å². The van der Waals surface area contributed by atoms with E-state index in [1.54, 1.807) is 0 Å². The zero-order valence-electron chi connectivity index (χ0n) is 12.6. The summed E-state index contributed by atoms with van der Waals surface area (Å²) < 4.78 is 5.77. The van der Waals surface area contributed by atoms with E-state index in [-0.39, 0.29) is 0 Å². The van der Waals surface area contributed by atoms with Crippen LogP contribution in [0.1, 0.15) is 32.3 Å². The number of thiocarbonyl (C=S) groups is 1. The van der Waals surface area contributed by atoms with Crippen LogP contribution in [0.4, 0.5) is 0 Å². The van der Waals surface area contributed by atoms with Crippen LogP contribution < -0.4 is 10.5 Å². The maximum Gasteiger partial charge on any atom is 0.119 e. The second-order valence-corrected chi connectivity index (χ2v) is 5.45. The van der Waals surface area contributed by atoms with E-state index < -0.39 is 0 Å². The Kier molecular flexibility index (Phi) is 8.23. The van der Waals surface area contributed by atoms with E-state index in [4.69, 9.17) is 22.7 Å². The van der Waals surface area contributed by atoms with Gasteiger partial charge in [-0.3, -0.25) is 0 Å². The van der Waals surface area contributed by atoms with Crippen LogP contribution in [0.15, 0.2) is 24.3 Å². The van der Waals surface area contributed by atoms with E-state index >= 15 is 0 Å². The summed E-state index contributed by atoms with van der Waals surface area (Å²) in [7, 11) is 0. The maximum atomic E-state index is 5.77. The summed E-state index contributed by atoms with van der Waals surface area (Å²) in [5, 5.41) is 0. The first kappa shape index (κ1) is 16.9. The Balaban J connectivity index is 2.32. The third-order valence-electron chi connectivity index (χ3n) is 3.25. The van der Waals surface area contributed by atoms with Gasteiger partial charge in [0.15, 0.2) is 0 Å².